The number of hydrogen-bond donors (Lipinski definition) is 0. The van der Waals surface area contributed by atoms with Crippen LogP contribution in [0.25, 0.3) is 0 Å². The molecule has 0 N–H and O–H groups in total. The first kappa shape index (κ1) is 12.3. The van der Waals surface area contributed by atoms with E-state index < -0.39 is 5.82 Å². The van der Waals surface area contributed by atoms with E-state index in [4.69, 9.17) is 0 Å². The summed E-state index contributed by atoms with van der Waals surface area (Å²) in [6, 6.07) is 4.53. The van der Waals surface area contributed by atoms with Gasteiger partial charge in [-0.15, -0.1) is 0 Å². The second kappa shape index (κ2) is 5.00. The molecule has 1 aliphatic rings. The van der Waals surface area contributed by atoms with Crippen molar-refractivity contribution >= 4 is 21.8 Å². The molecule has 0 atom stereocenters. The van der Waals surface area contributed by atoms with Crippen LogP contribution in [0.15, 0.2) is 34.3 Å². The molecule has 17 heavy (non-hydrogen) atoms. The second-order valence-electron chi connectivity index (χ2n) is 4.17. The predicted octanol–water partition coefficient (Wildman–Crippen LogP) is 3.38. The standard InChI is InChI=1S/C13H13BrFNO/c1-9-4-3-7-16(8-9)13(17)10-5-2-6-11(15)12(10)14/h2,4-6H,3,7-8H2,1H3. The van der Waals surface area contributed by atoms with Gasteiger partial charge in [0.25, 0.3) is 5.91 Å². The quantitative estimate of drug-likeness (QED) is 0.728. The van der Waals surface area contributed by atoms with Crippen LogP contribution in [0.3, 0.4) is 0 Å². The molecule has 2 nitrogen and oxygen atoms in total. The van der Waals surface area contributed by atoms with Gasteiger partial charge in [0.2, 0.25) is 0 Å². The average molecular weight is 298 g/mol. The van der Waals surface area contributed by atoms with Gasteiger partial charge in [0, 0.05) is 13.1 Å². The lowest BCUT2D eigenvalue weighted by molar-refractivity contribution is 0.0764. The van der Waals surface area contributed by atoms with Crippen molar-refractivity contribution in [1.29, 1.82) is 0 Å². The predicted molar refractivity (Wildman–Crippen MR) is 68.4 cm³/mol. The Bertz CT molecular complexity index is 484. The van der Waals surface area contributed by atoms with Crippen LogP contribution in [0.1, 0.15) is 23.7 Å². The number of carbonyl (C=O) groups is 1. The van der Waals surface area contributed by atoms with Crippen LogP contribution >= 0.6 is 15.9 Å². The molecule has 1 aliphatic heterocycles. The largest absolute Gasteiger partial charge is 0.334 e. The fourth-order valence-electron chi connectivity index (χ4n) is 1.92. The number of benzene rings is 1. The van der Waals surface area contributed by atoms with Crippen molar-refractivity contribution in [3.05, 3.63) is 45.7 Å². The Morgan fingerprint density at radius 1 is 1.47 bits per heavy atom. The first-order valence-electron chi connectivity index (χ1n) is 5.48. The molecule has 0 aliphatic carbocycles. The Kier molecular flexibility index (Phi) is 3.62. The highest BCUT2D eigenvalue weighted by molar-refractivity contribution is 9.10. The van der Waals surface area contributed by atoms with Gasteiger partial charge in [-0.3, -0.25) is 4.79 Å². The molecule has 0 bridgehead atoms. The van der Waals surface area contributed by atoms with Gasteiger partial charge >= 0.3 is 0 Å². The molecule has 0 unspecified atom stereocenters. The summed E-state index contributed by atoms with van der Waals surface area (Å²) in [6.45, 7) is 3.32. The summed E-state index contributed by atoms with van der Waals surface area (Å²) in [5.74, 6) is -0.524. The van der Waals surface area contributed by atoms with Crippen molar-refractivity contribution in [2.45, 2.75) is 13.3 Å². The van der Waals surface area contributed by atoms with Gasteiger partial charge in [0.1, 0.15) is 5.82 Å². The molecule has 1 aromatic carbocycles. The molecule has 2 rings (SSSR count). The van der Waals surface area contributed by atoms with Gasteiger partial charge in [0.05, 0.1) is 10.0 Å². The van der Waals surface area contributed by atoms with E-state index in [0.29, 0.717) is 18.7 Å². The molecule has 0 saturated heterocycles. The van der Waals surface area contributed by atoms with E-state index in [9.17, 15) is 9.18 Å². The molecule has 0 fully saturated rings. The third-order valence-corrected chi connectivity index (χ3v) is 3.61. The minimum Gasteiger partial charge on any atom is -0.334 e. The van der Waals surface area contributed by atoms with Crippen LogP contribution in [0, 0.1) is 5.82 Å². The lowest BCUT2D eigenvalue weighted by atomic mass is 10.1. The van der Waals surface area contributed by atoms with Gasteiger partial charge in [-0.25, -0.2) is 4.39 Å². The highest BCUT2D eigenvalue weighted by Gasteiger charge is 2.21. The average Bonchev–Trinajstić information content (AvgIpc) is 2.32. The van der Waals surface area contributed by atoms with Crippen molar-refractivity contribution in [3.8, 4) is 0 Å². The highest BCUT2D eigenvalue weighted by atomic mass is 79.9. The van der Waals surface area contributed by atoms with Crippen molar-refractivity contribution in [1.82, 2.24) is 4.90 Å². The molecule has 1 amide bonds. The fraction of sp³-hybridized carbons (Fsp3) is 0.308. The van der Waals surface area contributed by atoms with Gasteiger partial charge in [-0.1, -0.05) is 17.7 Å². The van der Waals surface area contributed by atoms with Gasteiger partial charge in [-0.05, 0) is 41.4 Å². The maximum absolute atomic E-state index is 13.4. The Morgan fingerprint density at radius 2 is 2.24 bits per heavy atom. The fourth-order valence-corrected chi connectivity index (χ4v) is 2.36. The van der Waals surface area contributed by atoms with E-state index in [1.165, 1.54) is 11.6 Å². The zero-order valence-corrected chi connectivity index (χ0v) is 11.1. The maximum Gasteiger partial charge on any atom is 0.255 e. The monoisotopic (exact) mass is 297 g/mol. The van der Waals surface area contributed by atoms with Crippen LogP contribution in [-0.4, -0.2) is 23.9 Å². The lowest BCUT2D eigenvalue weighted by Crippen LogP contribution is -2.35. The van der Waals surface area contributed by atoms with Gasteiger partial charge in [-0.2, -0.15) is 0 Å². The molecule has 1 heterocycles. The van der Waals surface area contributed by atoms with Gasteiger partial charge in [0.15, 0.2) is 0 Å². The van der Waals surface area contributed by atoms with Crippen molar-refractivity contribution in [2.75, 3.05) is 13.1 Å². The Morgan fingerprint density at radius 3 is 2.94 bits per heavy atom. The molecule has 90 valence electrons. The molecule has 0 radical (unpaired) electrons. The molecule has 0 aromatic heterocycles. The van der Waals surface area contributed by atoms with Crippen molar-refractivity contribution in [3.63, 3.8) is 0 Å². The summed E-state index contributed by atoms with van der Waals surface area (Å²) >= 11 is 3.13. The maximum atomic E-state index is 13.4. The molecule has 4 heteroatoms. The number of nitrogens with zero attached hydrogens (tertiary/aromatic N) is 1. The zero-order valence-electron chi connectivity index (χ0n) is 9.54. The second-order valence-corrected chi connectivity index (χ2v) is 4.96. The Balaban J connectivity index is 2.26. The SMILES string of the molecule is CC1=CCCN(C(=O)c2cccc(F)c2Br)C1. The first-order valence-corrected chi connectivity index (χ1v) is 6.28. The van der Waals surface area contributed by atoms with E-state index >= 15 is 0 Å². The van der Waals surface area contributed by atoms with E-state index in [2.05, 4.69) is 22.0 Å². The zero-order chi connectivity index (χ0) is 12.4. The van der Waals surface area contributed by atoms with Crippen LogP contribution in [0.5, 0.6) is 0 Å². The summed E-state index contributed by atoms with van der Waals surface area (Å²) in [5.41, 5.74) is 1.57. The molecular weight excluding hydrogens is 285 g/mol. The normalized spacial score (nSPS) is 15.7. The number of carbonyl (C=O) groups excluding carboxylic acids is 1. The minimum absolute atomic E-state index is 0.121. The minimum atomic E-state index is -0.403. The van der Waals surface area contributed by atoms with E-state index in [1.54, 1.807) is 17.0 Å². The molecule has 0 spiro atoms. The topological polar surface area (TPSA) is 20.3 Å². The number of rotatable bonds is 1. The van der Waals surface area contributed by atoms with Crippen molar-refractivity contribution < 1.29 is 9.18 Å². The number of amides is 1. The van der Waals surface area contributed by atoms with Crippen LogP contribution in [-0.2, 0) is 0 Å². The van der Waals surface area contributed by atoms with Crippen LogP contribution in [0.4, 0.5) is 4.39 Å². The van der Waals surface area contributed by atoms with E-state index in [0.717, 1.165) is 6.42 Å². The van der Waals surface area contributed by atoms with Crippen molar-refractivity contribution in [2.24, 2.45) is 0 Å². The third-order valence-electron chi connectivity index (χ3n) is 2.80. The third kappa shape index (κ3) is 2.57. The molecule has 0 saturated carbocycles. The summed E-state index contributed by atoms with van der Waals surface area (Å²) in [6.07, 6.45) is 2.99. The summed E-state index contributed by atoms with van der Waals surface area (Å²) < 4.78 is 13.6. The smallest absolute Gasteiger partial charge is 0.255 e. The lowest BCUT2D eigenvalue weighted by Gasteiger charge is -2.26. The summed E-state index contributed by atoms with van der Waals surface area (Å²) in [5, 5.41) is 0. The highest BCUT2D eigenvalue weighted by Crippen LogP contribution is 2.23. The Labute approximate surface area is 108 Å². The Hall–Kier alpha value is -1.16. The molecular formula is C13H13BrFNO. The summed E-state index contributed by atoms with van der Waals surface area (Å²) in [4.78, 5) is 14.0. The number of hydrogen-bond acceptors (Lipinski definition) is 1. The van der Waals surface area contributed by atoms with Gasteiger partial charge < -0.3 is 4.90 Å². The van der Waals surface area contributed by atoms with Crippen LogP contribution < -0.4 is 0 Å². The first-order chi connectivity index (χ1) is 8.09. The van der Waals surface area contributed by atoms with Crippen LogP contribution in [0.2, 0.25) is 0 Å². The van der Waals surface area contributed by atoms with E-state index in [1.807, 2.05) is 6.92 Å². The summed E-state index contributed by atoms with van der Waals surface area (Å²) in [7, 11) is 0. The molecule has 1 aromatic rings. The van der Waals surface area contributed by atoms with E-state index in [-0.39, 0.29) is 10.4 Å². The number of halogens is 2.